The first-order valence-electron chi connectivity index (χ1n) is 7.00. The zero-order valence-corrected chi connectivity index (χ0v) is 16.0. The summed E-state index contributed by atoms with van der Waals surface area (Å²) in [6.45, 7) is 0.937. The number of ether oxygens (including phenoxy) is 3. The summed E-state index contributed by atoms with van der Waals surface area (Å²) in [5, 5.41) is 8.68. The van der Waals surface area contributed by atoms with Crippen LogP contribution in [0.15, 0.2) is 21.8 Å². The second-order valence-electron chi connectivity index (χ2n) is 4.94. The molecule has 7 nitrogen and oxygen atoms in total. The van der Waals surface area contributed by atoms with Gasteiger partial charge in [0.15, 0.2) is 11.5 Å². The summed E-state index contributed by atoms with van der Waals surface area (Å²) in [6.07, 6.45) is 0. The van der Waals surface area contributed by atoms with E-state index in [1.807, 2.05) is 14.1 Å². The van der Waals surface area contributed by atoms with E-state index in [0.717, 1.165) is 12.3 Å². The molecular weight excluding hydrogens is 354 g/mol. The van der Waals surface area contributed by atoms with Crippen LogP contribution in [0.25, 0.3) is 11.5 Å². The average Bonchev–Trinajstić information content (AvgIpc) is 3.01. The summed E-state index contributed by atoms with van der Waals surface area (Å²) in [7, 11) is 8.74. The van der Waals surface area contributed by atoms with E-state index in [1.54, 1.807) is 33.5 Å². The fraction of sp³-hybridized carbons (Fsp3) is 0.467. The lowest BCUT2D eigenvalue weighted by Crippen LogP contribution is -2.14. The monoisotopic (exact) mass is 375 g/mol. The van der Waals surface area contributed by atoms with Crippen molar-refractivity contribution < 1.29 is 18.6 Å². The first kappa shape index (κ1) is 20.4. The Morgan fingerprint density at radius 2 is 1.67 bits per heavy atom. The standard InChI is InChI=1S/C15H21N3O4S.ClH/c1-18(2)6-7-23-15-17-16-14(22-15)10-8-11(19-3)13(21-5)12(9-10)20-4;/h8-9H,6-7H2,1-5H3;1H. The van der Waals surface area contributed by atoms with Crippen LogP contribution in [-0.2, 0) is 0 Å². The smallest absolute Gasteiger partial charge is 0.276 e. The molecule has 2 rings (SSSR count). The molecule has 0 saturated carbocycles. The van der Waals surface area contributed by atoms with Gasteiger partial charge in [0, 0.05) is 17.9 Å². The number of hydrogen-bond donors (Lipinski definition) is 0. The minimum Gasteiger partial charge on any atom is -0.493 e. The van der Waals surface area contributed by atoms with Crippen molar-refractivity contribution in [2.24, 2.45) is 0 Å². The van der Waals surface area contributed by atoms with E-state index in [9.17, 15) is 0 Å². The predicted molar refractivity (Wildman–Crippen MR) is 95.9 cm³/mol. The van der Waals surface area contributed by atoms with Crippen molar-refractivity contribution in [2.75, 3.05) is 47.7 Å². The number of rotatable bonds is 8. The van der Waals surface area contributed by atoms with Crippen LogP contribution in [0.2, 0.25) is 0 Å². The van der Waals surface area contributed by atoms with E-state index in [2.05, 4.69) is 15.1 Å². The maximum atomic E-state index is 5.69. The quantitative estimate of drug-likeness (QED) is 0.652. The van der Waals surface area contributed by atoms with Crippen molar-refractivity contribution in [1.29, 1.82) is 0 Å². The van der Waals surface area contributed by atoms with Gasteiger partial charge in [0.05, 0.1) is 21.3 Å². The van der Waals surface area contributed by atoms with Gasteiger partial charge in [-0.15, -0.1) is 22.6 Å². The minimum atomic E-state index is 0. The van der Waals surface area contributed by atoms with Crippen LogP contribution >= 0.6 is 24.2 Å². The van der Waals surface area contributed by atoms with Crippen LogP contribution in [0.5, 0.6) is 17.2 Å². The van der Waals surface area contributed by atoms with Gasteiger partial charge in [-0.05, 0) is 26.2 Å². The fourth-order valence-corrected chi connectivity index (χ4v) is 2.77. The molecule has 1 heterocycles. The summed E-state index contributed by atoms with van der Waals surface area (Å²) in [5.41, 5.74) is 0.714. The summed E-state index contributed by atoms with van der Waals surface area (Å²) in [6, 6.07) is 3.56. The van der Waals surface area contributed by atoms with E-state index >= 15 is 0 Å². The Bertz CT molecular complexity index is 626. The fourth-order valence-electron chi connectivity index (χ4n) is 1.90. The molecule has 0 aliphatic carbocycles. The Kier molecular flexibility index (Phi) is 8.17. The van der Waals surface area contributed by atoms with E-state index in [4.69, 9.17) is 18.6 Å². The number of thioether (sulfide) groups is 1. The summed E-state index contributed by atoms with van der Waals surface area (Å²) < 4.78 is 21.7. The average molecular weight is 376 g/mol. The molecular formula is C15H22ClN3O4S. The molecule has 0 N–H and O–H groups in total. The van der Waals surface area contributed by atoms with Crippen molar-refractivity contribution >= 4 is 24.2 Å². The third-order valence-electron chi connectivity index (χ3n) is 3.08. The van der Waals surface area contributed by atoms with Crippen LogP contribution in [0.4, 0.5) is 0 Å². The highest BCUT2D eigenvalue weighted by molar-refractivity contribution is 7.99. The Hall–Kier alpha value is -1.64. The first-order valence-corrected chi connectivity index (χ1v) is 7.99. The van der Waals surface area contributed by atoms with Gasteiger partial charge in [0.2, 0.25) is 11.6 Å². The number of halogens is 1. The molecule has 0 amide bonds. The zero-order valence-electron chi connectivity index (χ0n) is 14.4. The van der Waals surface area contributed by atoms with Gasteiger partial charge >= 0.3 is 0 Å². The molecule has 134 valence electrons. The van der Waals surface area contributed by atoms with Gasteiger partial charge in [0.1, 0.15) is 0 Å². The van der Waals surface area contributed by atoms with Gasteiger partial charge in [-0.3, -0.25) is 0 Å². The molecule has 1 aromatic heterocycles. The van der Waals surface area contributed by atoms with Crippen molar-refractivity contribution in [3.8, 4) is 28.7 Å². The molecule has 24 heavy (non-hydrogen) atoms. The van der Waals surface area contributed by atoms with Crippen molar-refractivity contribution in [2.45, 2.75) is 5.22 Å². The highest BCUT2D eigenvalue weighted by Crippen LogP contribution is 2.41. The lowest BCUT2D eigenvalue weighted by atomic mass is 10.2. The second-order valence-corrected chi connectivity index (χ2v) is 5.99. The van der Waals surface area contributed by atoms with Gasteiger partial charge in [0.25, 0.3) is 5.22 Å². The van der Waals surface area contributed by atoms with Crippen LogP contribution in [-0.4, -0.2) is 62.8 Å². The first-order chi connectivity index (χ1) is 11.1. The molecule has 0 atom stereocenters. The molecule has 2 aromatic rings. The van der Waals surface area contributed by atoms with Crippen LogP contribution in [0.3, 0.4) is 0 Å². The summed E-state index contributed by atoms with van der Waals surface area (Å²) in [5.74, 6) is 2.91. The molecule has 0 spiro atoms. The zero-order chi connectivity index (χ0) is 16.8. The van der Waals surface area contributed by atoms with Crippen molar-refractivity contribution in [3.05, 3.63) is 12.1 Å². The molecule has 0 fully saturated rings. The molecule has 0 unspecified atom stereocenters. The van der Waals surface area contributed by atoms with E-state index in [1.165, 1.54) is 11.8 Å². The molecule has 1 aromatic carbocycles. The third-order valence-corrected chi connectivity index (χ3v) is 3.88. The molecule has 0 aliphatic rings. The molecule has 0 saturated heterocycles. The van der Waals surface area contributed by atoms with Gasteiger partial charge in [-0.1, -0.05) is 11.8 Å². The second kappa shape index (κ2) is 9.61. The van der Waals surface area contributed by atoms with Crippen LogP contribution in [0, 0.1) is 0 Å². The molecule has 0 bridgehead atoms. The number of methoxy groups -OCH3 is 3. The van der Waals surface area contributed by atoms with Gasteiger partial charge in [-0.2, -0.15) is 0 Å². The highest BCUT2D eigenvalue weighted by Gasteiger charge is 2.17. The molecule has 9 heteroatoms. The highest BCUT2D eigenvalue weighted by atomic mass is 35.5. The van der Waals surface area contributed by atoms with Crippen LogP contribution < -0.4 is 14.2 Å². The van der Waals surface area contributed by atoms with Gasteiger partial charge in [-0.25, -0.2) is 0 Å². The Morgan fingerprint density at radius 1 is 1.04 bits per heavy atom. The number of hydrogen-bond acceptors (Lipinski definition) is 8. The lowest BCUT2D eigenvalue weighted by molar-refractivity contribution is 0.324. The van der Waals surface area contributed by atoms with Crippen molar-refractivity contribution in [3.63, 3.8) is 0 Å². The number of nitrogens with zero attached hydrogens (tertiary/aromatic N) is 3. The van der Waals surface area contributed by atoms with Crippen molar-refractivity contribution in [1.82, 2.24) is 15.1 Å². The molecule has 0 radical (unpaired) electrons. The van der Waals surface area contributed by atoms with E-state index < -0.39 is 0 Å². The van der Waals surface area contributed by atoms with E-state index in [0.29, 0.717) is 33.9 Å². The number of benzene rings is 1. The maximum absolute atomic E-state index is 5.69. The van der Waals surface area contributed by atoms with Crippen LogP contribution in [0.1, 0.15) is 0 Å². The SMILES string of the molecule is COc1cc(-c2nnc(SCCN(C)C)o2)cc(OC)c1OC.Cl. The maximum Gasteiger partial charge on any atom is 0.276 e. The Labute approximate surface area is 152 Å². The molecule has 0 aliphatic heterocycles. The largest absolute Gasteiger partial charge is 0.493 e. The Morgan fingerprint density at radius 3 is 2.17 bits per heavy atom. The number of aromatic nitrogens is 2. The van der Waals surface area contributed by atoms with Gasteiger partial charge < -0.3 is 23.5 Å². The Balaban J connectivity index is 0.00000288. The normalized spacial score (nSPS) is 10.4. The topological polar surface area (TPSA) is 69.9 Å². The predicted octanol–water partition coefficient (Wildman–Crippen LogP) is 2.84. The van der Waals surface area contributed by atoms with E-state index in [-0.39, 0.29) is 12.4 Å². The minimum absolute atomic E-state index is 0. The summed E-state index contributed by atoms with van der Waals surface area (Å²) in [4.78, 5) is 2.10. The third kappa shape index (κ3) is 4.93. The lowest BCUT2D eigenvalue weighted by Gasteiger charge is -2.12. The summed E-state index contributed by atoms with van der Waals surface area (Å²) >= 11 is 1.52.